The molecule has 0 saturated carbocycles. The Morgan fingerprint density at radius 2 is 1.93 bits per heavy atom. The van der Waals surface area contributed by atoms with Crippen LogP contribution in [0.25, 0.3) is 0 Å². The van der Waals surface area contributed by atoms with Crippen LogP contribution < -0.4 is 10.1 Å². The van der Waals surface area contributed by atoms with Gasteiger partial charge in [-0.2, -0.15) is 0 Å². The van der Waals surface area contributed by atoms with E-state index in [2.05, 4.69) is 37.4 Å². The SMILES string of the molecule is Cc1cccc(C)c1OCC1CNC1. The highest BCUT2D eigenvalue weighted by Crippen LogP contribution is 2.23. The van der Waals surface area contributed by atoms with E-state index in [1.807, 2.05) is 0 Å². The molecule has 0 unspecified atom stereocenters. The molecule has 0 aromatic heterocycles. The van der Waals surface area contributed by atoms with Gasteiger partial charge in [0, 0.05) is 19.0 Å². The molecule has 14 heavy (non-hydrogen) atoms. The molecule has 0 bridgehead atoms. The first-order chi connectivity index (χ1) is 6.77. The van der Waals surface area contributed by atoms with Gasteiger partial charge in [0.1, 0.15) is 5.75 Å². The predicted octanol–water partition coefficient (Wildman–Crippen LogP) is 1.90. The summed E-state index contributed by atoms with van der Waals surface area (Å²) in [6.45, 7) is 7.25. The second-order valence-electron chi connectivity index (χ2n) is 4.06. The molecule has 1 N–H and O–H groups in total. The lowest BCUT2D eigenvalue weighted by molar-refractivity contribution is 0.197. The van der Waals surface area contributed by atoms with Gasteiger partial charge in [-0.15, -0.1) is 0 Å². The number of ether oxygens (including phenoxy) is 1. The third-order valence-electron chi connectivity index (χ3n) is 2.74. The van der Waals surface area contributed by atoms with E-state index in [4.69, 9.17) is 4.74 Å². The van der Waals surface area contributed by atoms with E-state index in [1.54, 1.807) is 0 Å². The van der Waals surface area contributed by atoms with Crippen LogP contribution in [0, 0.1) is 19.8 Å². The maximum Gasteiger partial charge on any atom is 0.125 e. The number of nitrogens with one attached hydrogen (secondary N) is 1. The lowest BCUT2D eigenvalue weighted by Crippen LogP contribution is -2.45. The van der Waals surface area contributed by atoms with Gasteiger partial charge in [-0.05, 0) is 25.0 Å². The Labute approximate surface area is 85.3 Å². The fourth-order valence-electron chi connectivity index (χ4n) is 1.69. The Morgan fingerprint density at radius 1 is 1.29 bits per heavy atom. The topological polar surface area (TPSA) is 21.3 Å². The largest absolute Gasteiger partial charge is 0.493 e. The molecule has 1 aliphatic heterocycles. The molecule has 1 aromatic carbocycles. The van der Waals surface area contributed by atoms with Gasteiger partial charge in [0.15, 0.2) is 0 Å². The van der Waals surface area contributed by atoms with Crippen LogP contribution in [0.1, 0.15) is 11.1 Å². The van der Waals surface area contributed by atoms with Crippen LogP contribution in [-0.2, 0) is 0 Å². The molecule has 0 spiro atoms. The van der Waals surface area contributed by atoms with E-state index >= 15 is 0 Å². The van der Waals surface area contributed by atoms with Crippen LogP contribution in [0.5, 0.6) is 5.75 Å². The van der Waals surface area contributed by atoms with E-state index in [9.17, 15) is 0 Å². The summed E-state index contributed by atoms with van der Waals surface area (Å²) in [5.74, 6) is 1.77. The van der Waals surface area contributed by atoms with Crippen molar-refractivity contribution in [2.24, 2.45) is 5.92 Å². The van der Waals surface area contributed by atoms with Crippen LogP contribution in [0.15, 0.2) is 18.2 Å². The van der Waals surface area contributed by atoms with Crippen LogP contribution in [-0.4, -0.2) is 19.7 Å². The first-order valence-corrected chi connectivity index (χ1v) is 5.17. The average molecular weight is 191 g/mol. The quantitative estimate of drug-likeness (QED) is 0.788. The lowest BCUT2D eigenvalue weighted by atomic mass is 10.1. The fourth-order valence-corrected chi connectivity index (χ4v) is 1.69. The van der Waals surface area contributed by atoms with E-state index in [0.29, 0.717) is 5.92 Å². The average Bonchev–Trinajstić information content (AvgIpc) is 2.07. The molecular formula is C12H17NO. The summed E-state index contributed by atoms with van der Waals surface area (Å²) in [6, 6.07) is 6.27. The van der Waals surface area contributed by atoms with E-state index in [-0.39, 0.29) is 0 Å². The van der Waals surface area contributed by atoms with Gasteiger partial charge < -0.3 is 10.1 Å². The lowest BCUT2D eigenvalue weighted by Gasteiger charge is -2.27. The van der Waals surface area contributed by atoms with Gasteiger partial charge >= 0.3 is 0 Å². The maximum absolute atomic E-state index is 5.83. The molecule has 0 amide bonds. The highest BCUT2D eigenvalue weighted by molar-refractivity contribution is 5.39. The summed E-state index contributed by atoms with van der Waals surface area (Å²) in [7, 11) is 0. The summed E-state index contributed by atoms with van der Waals surface area (Å²) in [4.78, 5) is 0. The summed E-state index contributed by atoms with van der Waals surface area (Å²) < 4.78 is 5.83. The number of benzene rings is 1. The Bertz CT molecular complexity index is 298. The van der Waals surface area contributed by atoms with E-state index in [1.165, 1.54) is 11.1 Å². The zero-order valence-electron chi connectivity index (χ0n) is 8.84. The zero-order valence-corrected chi connectivity index (χ0v) is 8.84. The second kappa shape index (κ2) is 4.01. The maximum atomic E-state index is 5.83. The summed E-state index contributed by atoms with van der Waals surface area (Å²) in [6.07, 6.45) is 0. The summed E-state index contributed by atoms with van der Waals surface area (Å²) in [5.41, 5.74) is 2.47. The van der Waals surface area contributed by atoms with Crippen LogP contribution in [0.3, 0.4) is 0 Å². The molecular weight excluding hydrogens is 174 g/mol. The van der Waals surface area contributed by atoms with Crippen molar-refractivity contribution in [2.45, 2.75) is 13.8 Å². The molecule has 0 aliphatic carbocycles. The predicted molar refractivity (Wildman–Crippen MR) is 57.8 cm³/mol. The molecule has 2 nitrogen and oxygen atoms in total. The van der Waals surface area contributed by atoms with E-state index < -0.39 is 0 Å². The third-order valence-corrected chi connectivity index (χ3v) is 2.74. The molecule has 0 atom stereocenters. The van der Waals surface area contributed by atoms with Gasteiger partial charge in [-0.1, -0.05) is 18.2 Å². The van der Waals surface area contributed by atoms with Crippen molar-refractivity contribution in [3.63, 3.8) is 0 Å². The van der Waals surface area contributed by atoms with Gasteiger partial charge in [-0.3, -0.25) is 0 Å². The molecule has 1 aliphatic rings. The van der Waals surface area contributed by atoms with E-state index in [0.717, 1.165) is 25.4 Å². The highest BCUT2D eigenvalue weighted by Gasteiger charge is 2.17. The first kappa shape index (κ1) is 9.53. The summed E-state index contributed by atoms with van der Waals surface area (Å²) >= 11 is 0. The van der Waals surface area contributed by atoms with Crippen molar-refractivity contribution >= 4 is 0 Å². The molecule has 1 heterocycles. The van der Waals surface area contributed by atoms with Gasteiger partial charge in [0.05, 0.1) is 6.61 Å². The Kier molecular flexibility index (Phi) is 2.73. The number of hydrogen-bond donors (Lipinski definition) is 1. The minimum atomic E-state index is 0.703. The number of aryl methyl sites for hydroxylation is 2. The molecule has 1 saturated heterocycles. The van der Waals surface area contributed by atoms with Gasteiger partial charge in [-0.25, -0.2) is 0 Å². The first-order valence-electron chi connectivity index (χ1n) is 5.17. The Hall–Kier alpha value is -1.02. The van der Waals surface area contributed by atoms with Gasteiger partial charge in [0.2, 0.25) is 0 Å². The summed E-state index contributed by atoms with van der Waals surface area (Å²) in [5, 5.41) is 3.25. The Morgan fingerprint density at radius 3 is 2.43 bits per heavy atom. The van der Waals surface area contributed by atoms with Crippen molar-refractivity contribution in [1.29, 1.82) is 0 Å². The number of para-hydroxylation sites is 1. The Balaban J connectivity index is 2.00. The minimum absolute atomic E-state index is 0.703. The zero-order chi connectivity index (χ0) is 9.97. The highest BCUT2D eigenvalue weighted by atomic mass is 16.5. The number of hydrogen-bond acceptors (Lipinski definition) is 2. The van der Waals surface area contributed by atoms with Crippen molar-refractivity contribution in [1.82, 2.24) is 5.32 Å². The number of rotatable bonds is 3. The fraction of sp³-hybridized carbons (Fsp3) is 0.500. The van der Waals surface area contributed by atoms with Gasteiger partial charge in [0.25, 0.3) is 0 Å². The minimum Gasteiger partial charge on any atom is -0.493 e. The standard InChI is InChI=1S/C12H17NO/c1-9-4-3-5-10(2)12(9)14-8-11-6-13-7-11/h3-5,11,13H,6-8H2,1-2H3. The second-order valence-corrected chi connectivity index (χ2v) is 4.06. The van der Waals surface area contributed by atoms with Crippen LogP contribution in [0.2, 0.25) is 0 Å². The van der Waals surface area contributed by atoms with Crippen molar-refractivity contribution < 1.29 is 4.74 Å². The van der Waals surface area contributed by atoms with Crippen LogP contribution >= 0.6 is 0 Å². The third kappa shape index (κ3) is 1.90. The van der Waals surface area contributed by atoms with Crippen molar-refractivity contribution in [3.05, 3.63) is 29.3 Å². The molecule has 76 valence electrons. The molecule has 0 radical (unpaired) electrons. The van der Waals surface area contributed by atoms with Crippen molar-refractivity contribution in [3.8, 4) is 5.75 Å². The molecule has 2 rings (SSSR count). The molecule has 1 aromatic rings. The molecule has 2 heteroatoms. The van der Waals surface area contributed by atoms with Crippen molar-refractivity contribution in [2.75, 3.05) is 19.7 Å². The normalized spacial score (nSPS) is 16.4. The van der Waals surface area contributed by atoms with Crippen LogP contribution in [0.4, 0.5) is 0 Å². The molecule has 1 fully saturated rings. The smallest absolute Gasteiger partial charge is 0.125 e. The monoisotopic (exact) mass is 191 g/mol.